The Bertz CT molecular complexity index is 1570. The van der Waals surface area contributed by atoms with Gasteiger partial charge in [0.1, 0.15) is 29.1 Å². The van der Waals surface area contributed by atoms with Gasteiger partial charge in [0.2, 0.25) is 0 Å². The fourth-order valence-electron chi connectivity index (χ4n) is 4.75. The highest BCUT2D eigenvalue weighted by Gasteiger charge is 2.42. The van der Waals surface area contributed by atoms with Crippen LogP contribution in [-0.4, -0.2) is 10.1 Å². The molecule has 1 N–H and O–H groups in total. The van der Waals surface area contributed by atoms with Gasteiger partial charge in [-0.25, -0.2) is 0 Å². The molecule has 1 fully saturated rings. The van der Waals surface area contributed by atoms with Crippen molar-refractivity contribution in [2.24, 2.45) is 0 Å². The molecule has 5 nitrogen and oxygen atoms in total. The lowest BCUT2D eigenvalue weighted by atomic mass is 10.0. The summed E-state index contributed by atoms with van der Waals surface area (Å²) in [6, 6.07) is 32.8. The maximum absolute atomic E-state index is 6.49. The molecule has 3 heterocycles. The van der Waals surface area contributed by atoms with E-state index in [0.717, 1.165) is 45.5 Å². The van der Waals surface area contributed by atoms with Crippen molar-refractivity contribution in [1.82, 2.24) is 10.3 Å². The van der Waals surface area contributed by atoms with Gasteiger partial charge in [-0.3, -0.25) is 4.98 Å². The van der Waals surface area contributed by atoms with E-state index >= 15 is 0 Å². The van der Waals surface area contributed by atoms with Gasteiger partial charge in [0, 0.05) is 22.5 Å². The first-order valence-electron chi connectivity index (χ1n) is 12.3. The average Bonchev–Trinajstić information content (AvgIpc) is 3.56. The van der Waals surface area contributed by atoms with Crippen LogP contribution in [0.25, 0.3) is 11.3 Å². The summed E-state index contributed by atoms with van der Waals surface area (Å²) in [5, 5.41) is 4.77. The summed E-state index contributed by atoms with van der Waals surface area (Å²) in [5.74, 6) is 3.05. The van der Waals surface area contributed by atoms with E-state index in [1.54, 1.807) is 6.20 Å². The zero-order valence-electron chi connectivity index (χ0n) is 20.5. The van der Waals surface area contributed by atoms with Crippen LogP contribution in [0, 0.1) is 6.92 Å². The Labute approximate surface area is 231 Å². The number of para-hydroxylation sites is 1. The highest BCUT2D eigenvalue weighted by Crippen LogP contribution is 2.43. The number of hydrogen-bond donors (Lipinski definition) is 1. The Morgan fingerprint density at radius 3 is 2.39 bits per heavy atom. The number of benzene rings is 3. The van der Waals surface area contributed by atoms with E-state index < -0.39 is 0 Å². The Hall–Kier alpha value is -4.13. The molecule has 0 unspecified atom stereocenters. The average molecular weight is 538 g/mol. The van der Waals surface area contributed by atoms with Crippen LogP contribution in [0.2, 0.25) is 5.02 Å². The van der Waals surface area contributed by atoms with Crippen LogP contribution in [-0.2, 0) is 0 Å². The Morgan fingerprint density at radius 2 is 1.63 bits per heavy atom. The maximum Gasteiger partial charge on any atom is 0.174 e. The molecule has 38 heavy (non-hydrogen) atoms. The van der Waals surface area contributed by atoms with Gasteiger partial charge in [0.25, 0.3) is 0 Å². The second kappa shape index (κ2) is 10.3. The number of ether oxygens (including phenoxy) is 1. The van der Waals surface area contributed by atoms with Crippen LogP contribution >= 0.6 is 23.8 Å². The van der Waals surface area contributed by atoms with E-state index in [-0.39, 0.29) is 12.1 Å². The summed E-state index contributed by atoms with van der Waals surface area (Å²) < 4.78 is 12.5. The normalized spacial score (nSPS) is 16.9. The molecule has 1 saturated heterocycles. The molecule has 1 aliphatic rings. The smallest absolute Gasteiger partial charge is 0.174 e. The molecule has 2 atom stereocenters. The summed E-state index contributed by atoms with van der Waals surface area (Å²) in [7, 11) is 0. The molecule has 1 aliphatic heterocycles. The number of halogens is 1. The van der Waals surface area contributed by atoms with Gasteiger partial charge in [-0.2, -0.15) is 0 Å². The molecule has 3 aromatic carbocycles. The van der Waals surface area contributed by atoms with Gasteiger partial charge in [-0.15, -0.1) is 0 Å². The zero-order valence-corrected chi connectivity index (χ0v) is 22.1. The summed E-state index contributed by atoms with van der Waals surface area (Å²) in [5.41, 5.74) is 3.73. The molecule has 0 radical (unpaired) electrons. The molecule has 7 heteroatoms. The van der Waals surface area contributed by atoms with Crippen molar-refractivity contribution in [2.75, 3.05) is 4.90 Å². The first-order valence-corrected chi connectivity index (χ1v) is 13.1. The molecule has 5 aromatic rings. The van der Waals surface area contributed by atoms with E-state index in [1.165, 1.54) is 0 Å². The van der Waals surface area contributed by atoms with Crippen LogP contribution in [0.15, 0.2) is 114 Å². The molecule has 0 saturated carbocycles. The number of thiocarbonyl (C=S) groups is 1. The minimum absolute atomic E-state index is 0.205. The summed E-state index contributed by atoms with van der Waals surface area (Å²) >= 11 is 12.2. The van der Waals surface area contributed by atoms with Crippen molar-refractivity contribution in [2.45, 2.75) is 19.0 Å². The third kappa shape index (κ3) is 4.64. The summed E-state index contributed by atoms with van der Waals surface area (Å²) in [6.45, 7) is 1.99. The minimum atomic E-state index is -0.258. The predicted molar refractivity (Wildman–Crippen MR) is 155 cm³/mol. The number of hydrogen-bond acceptors (Lipinski definition) is 4. The van der Waals surface area contributed by atoms with Crippen molar-refractivity contribution in [1.29, 1.82) is 0 Å². The number of furan rings is 1. The van der Waals surface area contributed by atoms with E-state index in [0.29, 0.717) is 10.1 Å². The summed E-state index contributed by atoms with van der Waals surface area (Å²) in [6.07, 6.45) is 1.79. The second-order valence-electron chi connectivity index (χ2n) is 9.02. The van der Waals surface area contributed by atoms with E-state index in [1.807, 2.05) is 110 Å². The Kier molecular flexibility index (Phi) is 6.58. The molecule has 0 amide bonds. The molecule has 2 aromatic heterocycles. The van der Waals surface area contributed by atoms with Crippen LogP contribution in [0.3, 0.4) is 0 Å². The van der Waals surface area contributed by atoms with Gasteiger partial charge in [0.15, 0.2) is 5.11 Å². The number of nitrogens with one attached hydrogen (secondary N) is 1. The van der Waals surface area contributed by atoms with E-state index in [4.69, 9.17) is 33.0 Å². The van der Waals surface area contributed by atoms with Crippen LogP contribution in [0.4, 0.5) is 5.69 Å². The largest absolute Gasteiger partial charge is 0.459 e. The molecular weight excluding hydrogens is 514 g/mol. The van der Waals surface area contributed by atoms with Crippen molar-refractivity contribution in [3.05, 3.63) is 131 Å². The number of anilines is 1. The highest BCUT2D eigenvalue weighted by atomic mass is 35.5. The van der Waals surface area contributed by atoms with Crippen LogP contribution in [0.5, 0.6) is 11.5 Å². The molecule has 0 aliphatic carbocycles. The number of nitrogens with zero attached hydrogens (tertiary/aromatic N) is 2. The monoisotopic (exact) mass is 537 g/mol. The zero-order chi connectivity index (χ0) is 26.1. The van der Waals surface area contributed by atoms with E-state index in [9.17, 15) is 0 Å². The molecule has 0 spiro atoms. The number of rotatable bonds is 6. The van der Waals surface area contributed by atoms with Crippen molar-refractivity contribution >= 4 is 34.6 Å². The summed E-state index contributed by atoms with van der Waals surface area (Å²) in [4.78, 5) is 6.70. The van der Waals surface area contributed by atoms with E-state index in [2.05, 4.69) is 15.2 Å². The SMILES string of the molecule is Cc1c(Cl)cccc1-c1ccc([C@H]2[C@H](c3ccccn3)NC(=S)N2c2ccc(Oc3ccccc3)cc2)o1. The Morgan fingerprint density at radius 1 is 0.868 bits per heavy atom. The minimum Gasteiger partial charge on any atom is -0.459 e. The van der Waals surface area contributed by atoms with Gasteiger partial charge < -0.3 is 19.4 Å². The number of pyridine rings is 1. The first kappa shape index (κ1) is 24.2. The van der Waals surface area contributed by atoms with Gasteiger partial charge >= 0.3 is 0 Å². The lowest BCUT2D eigenvalue weighted by Crippen LogP contribution is -2.29. The first-order chi connectivity index (χ1) is 18.6. The third-order valence-corrected chi connectivity index (χ3v) is 7.37. The quantitative estimate of drug-likeness (QED) is 0.220. The van der Waals surface area contributed by atoms with Crippen molar-refractivity contribution in [3.8, 4) is 22.8 Å². The van der Waals surface area contributed by atoms with Gasteiger partial charge in [-0.05, 0) is 91.4 Å². The van der Waals surface area contributed by atoms with Crippen LogP contribution in [0.1, 0.15) is 29.1 Å². The fraction of sp³-hybridized carbons (Fsp3) is 0.0968. The topological polar surface area (TPSA) is 50.5 Å². The molecular formula is C31H24ClN3O2S. The van der Waals surface area contributed by atoms with Crippen LogP contribution < -0.4 is 15.0 Å². The van der Waals surface area contributed by atoms with Crippen molar-refractivity contribution in [3.63, 3.8) is 0 Å². The second-order valence-corrected chi connectivity index (χ2v) is 9.81. The highest BCUT2D eigenvalue weighted by molar-refractivity contribution is 7.80. The third-order valence-electron chi connectivity index (χ3n) is 6.64. The molecule has 0 bridgehead atoms. The fourth-order valence-corrected chi connectivity index (χ4v) is 5.27. The van der Waals surface area contributed by atoms with Crippen molar-refractivity contribution < 1.29 is 9.15 Å². The maximum atomic E-state index is 6.49. The molecule has 188 valence electrons. The predicted octanol–water partition coefficient (Wildman–Crippen LogP) is 8.27. The van der Waals surface area contributed by atoms with Gasteiger partial charge in [-0.1, -0.05) is 48.0 Å². The molecule has 6 rings (SSSR count). The number of aromatic nitrogens is 1. The van der Waals surface area contributed by atoms with Gasteiger partial charge in [0.05, 0.1) is 11.7 Å². The Balaban J connectivity index is 1.37. The standard InChI is InChI=1S/C31H24ClN3O2S/c1-20-24(10-7-11-25(20)32)27-17-18-28(37-27)30-29(26-12-5-6-19-33-26)34-31(38)35(30)21-13-15-23(16-14-21)36-22-8-3-2-4-9-22/h2-19,29-30H,1H3,(H,34,38)/t29-,30-/m0/s1. The lowest BCUT2D eigenvalue weighted by molar-refractivity contribution is 0.439. The lowest BCUT2D eigenvalue weighted by Gasteiger charge is -2.26.